The van der Waals surface area contributed by atoms with Gasteiger partial charge >= 0.3 is 5.97 Å². The highest BCUT2D eigenvalue weighted by atomic mass is 79.9. The Hall–Kier alpha value is -2.74. The van der Waals surface area contributed by atoms with Crippen LogP contribution in [-0.4, -0.2) is 51.8 Å². The summed E-state index contributed by atoms with van der Waals surface area (Å²) in [7, 11) is 0. The number of nitrogens with zero attached hydrogens (tertiary/aromatic N) is 2. The lowest BCUT2D eigenvalue weighted by atomic mass is 10.0. The van der Waals surface area contributed by atoms with Crippen molar-refractivity contribution in [1.82, 2.24) is 9.80 Å². The largest absolute Gasteiger partial charge is 0.481 e. The summed E-state index contributed by atoms with van der Waals surface area (Å²) in [4.78, 5) is 39.9. The summed E-state index contributed by atoms with van der Waals surface area (Å²) in [6.07, 6.45) is -0.485. The fourth-order valence-corrected chi connectivity index (χ4v) is 3.66. The average molecular weight is 449 g/mol. The predicted molar refractivity (Wildman–Crippen MR) is 103 cm³/mol. The van der Waals surface area contributed by atoms with Gasteiger partial charge in [0.2, 0.25) is 5.91 Å². The minimum atomic E-state index is -1.17. The van der Waals surface area contributed by atoms with Gasteiger partial charge in [0.1, 0.15) is 11.9 Å². The molecule has 1 N–H and O–H groups in total. The van der Waals surface area contributed by atoms with Crippen LogP contribution in [0, 0.1) is 5.82 Å². The Labute approximate surface area is 169 Å². The van der Waals surface area contributed by atoms with Gasteiger partial charge in [-0.15, -0.1) is 0 Å². The molecule has 3 rings (SSSR count). The van der Waals surface area contributed by atoms with Crippen LogP contribution in [0.15, 0.2) is 53.0 Å². The van der Waals surface area contributed by atoms with E-state index in [1.165, 1.54) is 17.0 Å². The summed E-state index contributed by atoms with van der Waals surface area (Å²) in [5, 5.41) is 9.24. The summed E-state index contributed by atoms with van der Waals surface area (Å²) >= 11 is 3.39. The van der Waals surface area contributed by atoms with Gasteiger partial charge in [-0.3, -0.25) is 14.4 Å². The van der Waals surface area contributed by atoms with Crippen molar-refractivity contribution in [3.8, 4) is 0 Å². The summed E-state index contributed by atoms with van der Waals surface area (Å²) in [6, 6.07) is 11.4. The van der Waals surface area contributed by atoms with Crippen LogP contribution < -0.4 is 0 Å². The maximum atomic E-state index is 13.1. The number of carbonyl (C=O) groups excluding carboxylic acids is 2. The van der Waals surface area contributed by atoms with Gasteiger partial charge < -0.3 is 14.9 Å². The van der Waals surface area contributed by atoms with Crippen molar-refractivity contribution in [2.75, 3.05) is 13.1 Å². The van der Waals surface area contributed by atoms with Crippen LogP contribution in [0.25, 0.3) is 0 Å². The third kappa shape index (κ3) is 4.56. The molecule has 1 atom stereocenters. The molecule has 6 nitrogen and oxygen atoms in total. The van der Waals surface area contributed by atoms with E-state index in [0.717, 1.165) is 22.2 Å². The summed E-state index contributed by atoms with van der Waals surface area (Å²) in [6.45, 7) is 0.815. The molecule has 0 bridgehead atoms. The first kappa shape index (κ1) is 20.0. The SMILES string of the molecule is O=C(O)CC1C(=O)N(Cc2cccc(Br)c2)CCN1C(=O)c1ccc(F)cc1. The third-order valence-electron chi connectivity index (χ3n) is 4.57. The number of hydrogen-bond acceptors (Lipinski definition) is 3. The number of hydrogen-bond donors (Lipinski definition) is 1. The highest BCUT2D eigenvalue weighted by Gasteiger charge is 2.39. The Morgan fingerprint density at radius 1 is 1.14 bits per heavy atom. The Balaban J connectivity index is 1.81. The van der Waals surface area contributed by atoms with Gasteiger partial charge in [0.15, 0.2) is 0 Å². The number of amides is 2. The molecule has 0 aliphatic carbocycles. The lowest BCUT2D eigenvalue weighted by Gasteiger charge is -2.40. The van der Waals surface area contributed by atoms with Crippen LogP contribution in [-0.2, 0) is 16.1 Å². The minimum Gasteiger partial charge on any atom is -0.481 e. The number of benzene rings is 2. The highest BCUT2D eigenvalue weighted by Crippen LogP contribution is 2.21. The van der Waals surface area contributed by atoms with E-state index in [-0.39, 0.29) is 18.7 Å². The maximum Gasteiger partial charge on any atom is 0.305 e. The zero-order chi connectivity index (χ0) is 20.3. The summed E-state index contributed by atoms with van der Waals surface area (Å²) in [5.41, 5.74) is 1.11. The van der Waals surface area contributed by atoms with E-state index in [1.807, 2.05) is 24.3 Å². The first-order valence-electron chi connectivity index (χ1n) is 8.66. The van der Waals surface area contributed by atoms with E-state index in [4.69, 9.17) is 0 Å². The van der Waals surface area contributed by atoms with Crippen LogP contribution in [0.2, 0.25) is 0 Å². The number of carbonyl (C=O) groups is 3. The first-order chi connectivity index (χ1) is 13.3. The number of carboxylic acids is 1. The molecule has 0 saturated carbocycles. The molecule has 8 heteroatoms. The molecule has 28 heavy (non-hydrogen) atoms. The molecule has 2 amide bonds. The van der Waals surface area contributed by atoms with Crippen LogP contribution in [0.3, 0.4) is 0 Å². The van der Waals surface area contributed by atoms with Gasteiger partial charge in [0.25, 0.3) is 5.91 Å². The van der Waals surface area contributed by atoms with E-state index >= 15 is 0 Å². The molecular formula is C20H18BrFN2O4. The monoisotopic (exact) mass is 448 g/mol. The highest BCUT2D eigenvalue weighted by molar-refractivity contribution is 9.10. The van der Waals surface area contributed by atoms with Crippen molar-refractivity contribution in [2.45, 2.75) is 19.0 Å². The van der Waals surface area contributed by atoms with E-state index in [9.17, 15) is 23.9 Å². The number of rotatable bonds is 5. The lowest BCUT2D eigenvalue weighted by molar-refractivity contribution is -0.148. The molecule has 1 heterocycles. The van der Waals surface area contributed by atoms with Gasteiger partial charge in [-0.2, -0.15) is 0 Å². The van der Waals surface area contributed by atoms with Crippen LogP contribution in [0.4, 0.5) is 4.39 Å². The van der Waals surface area contributed by atoms with Crippen molar-refractivity contribution < 1.29 is 23.9 Å². The first-order valence-corrected chi connectivity index (χ1v) is 9.46. The van der Waals surface area contributed by atoms with Gasteiger partial charge in [0, 0.05) is 29.7 Å². The molecule has 2 aromatic rings. The zero-order valence-electron chi connectivity index (χ0n) is 14.8. The Morgan fingerprint density at radius 2 is 1.86 bits per heavy atom. The second kappa shape index (κ2) is 8.52. The lowest BCUT2D eigenvalue weighted by Crippen LogP contribution is -2.59. The topological polar surface area (TPSA) is 77.9 Å². The molecule has 1 saturated heterocycles. The zero-order valence-corrected chi connectivity index (χ0v) is 16.4. The minimum absolute atomic E-state index is 0.202. The second-order valence-electron chi connectivity index (χ2n) is 6.51. The van der Waals surface area contributed by atoms with Gasteiger partial charge in [-0.1, -0.05) is 28.1 Å². The molecule has 0 spiro atoms. The summed E-state index contributed by atoms with van der Waals surface area (Å²) in [5.74, 6) is -2.54. The molecule has 1 unspecified atom stereocenters. The third-order valence-corrected chi connectivity index (χ3v) is 5.06. The second-order valence-corrected chi connectivity index (χ2v) is 7.42. The van der Waals surface area contributed by atoms with Crippen molar-refractivity contribution >= 4 is 33.7 Å². The molecule has 1 aliphatic heterocycles. The number of aliphatic carboxylic acids is 1. The summed E-state index contributed by atoms with van der Waals surface area (Å²) < 4.78 is 14.0. The van der Waals surface area contributed by atoms with Crippen LogP contribution in [0.1, 0.15) is 22.3 Å². The van der Waals surface area contributed by atoms with Crippen molar-refractivity contribution in [2.24, 2.45) is 0 Å². The van der Waals surface area contributed by atoms with Gasteiger partial charge in [-0.05, 0) is 42.0 Å². The van der Waals surface area contributed by atoms with E-state index in [0.29, 0.717) is 6.54 Å². The standard InChI is InChI=1S/C20H18BrFN2O4/c21-15-3-1-2-13(10-15)12-23-8-9-24(17(20(23)28)11-18(25)26)19(27)14-4-6-16(22)7-5-14/h1-7,10,17H,8-9,11-12H2,(H,25,26). The predicted octanol–water partition coefficient (Wildman–Crippen LogP) is 2.92. The maximum absolute atomic E-state index is 13.1. The fourth-order valence-electron chi connectivity index (χ4n) is 3.22. The van der Waals surface area contributed by atoms with Crippen molar-refractivity contribution in [3.63, 3.8) is 0 Å². The molecule has 1 fully saturated rings. The Morgan fingerprint density at radius 3 is 2.50 bits per heavy atom. The van der Waals surface area contributed by atoms with E-state index in [2.05, 4.69) is 15.9 Å². The normalized spacial score (nSPS) is 16.9. The Bertz CT molecular complexity index is 903. The molecule has 2 aromatic carbocycles. The molecule has 1 aliphatic rings. The van der Waals surface area contributed by atoms with Crippen LogP contribution in [0.5, 0.6) is 0 Å². The molecule has 0 aromatic heterocycles. The smallest absolute Gasteiger partial charge is 0.305 e. The van der Waals surface area contributed by atoms with Crippen molar-refractivity contribution in [3.05, 3.63) is 69.9 Å². The van der Waals surface area contributed by atoms with Gasteiger partial charge in [-0.25, -0.2) is 4.39 Å². The number of piperazine rings is 1. The molecule has 146 valence electrons. The number of halogens is 2. The quantitative estimate of drug-likeness (QED) is 0.762. The fraction of sp³-hybridized carbons (Fsp3) is 0.250. The van der Waals surface area contributed by atoms with Crippen molar-refractivity contribution in [1.29, 1.82) is 0 Å². The van der Waals surface area contributed by atoms with Gasteiger partial charge in [0.05, 0.1) is 6.42 Å². The van der Waals surface area contributed by atoms with E-state index in [1.54, 1.807) is 4.90 Å². The number of carboxylic acid groups (broad SMARTS) is 1. The van der Waals surface area contributed by atoms with Crippen LogP contribution >= 0.6 is 15.9 Å². The Kier molecular flexibility index (Phi) is 6.08. The average Bonchev–Trinajstić information content (AvgIpc) is 2.65. The molecular weight excluding hydrogens is 431 g/mol. The van der Waals surface area contributed by atoms with E-state index < -0.39 is 36.1 Å². The molecule has 0 radical (unpaired) electrons.